The van der Waals surface area contributed by atoms with Gasteiger partial charge in [0.2, 0.25) is 11.8 Å². The van der Waals surface area contributed by atoms with Crippen molar-refractivity contribution in [2.45, 2.75) is 101 Å². The number of amides is 5. The molecule has 4 N–H and O–H groups in total. The monoisotopic (exact) mass is 820 g/mol. The van der Waals surface area contributed by atoms with E-state index in [4.69, 9.17) is 0 Å². The minimum Gasteiger partial charge on any atom is -0.339 e. The summed E-state index contributed by atoms with van der Waals surface area (Å²) in [6.07, 6.45) is 2.09. The Labute approximate surface area is 330 Å². The van der Waals surface area contributed by atoms with E-state index in [0.717, 1.165) is 11.3 Å². The van der Waals surface area contributed by atoms with Gasteiger partial charge in [0, 0.05) is 32.1 Å². The summed E-state index contributed by atoms with van der Waals surface area (Å²) in [5, 5.41) is 10.2. The van der Waals surface area contributed by atoms with Crippen molar-refractivity contribution in [3.05, 3.63) is 60.5 Å². The lowest BCUT2D eigenvalue weighted by atomic mass is 9.84. The molecular formula is C38H56N6O8S3. The Balaban J connectivity index is 1.56. The number of nitrogens with one attached hydrogen (secondary N) is 4. The summed E-state index contributed by atoms with van der Waals surface area (Å²) in [6, 6.07) is 7.10. The van der Waals surface area contributed by atoms with Crippen molar-refractivity contribution in [2.24, 2.45) is 28.6 Å². The molecule has 1 aliphatic carbocycles. The van der Waals surface area contributed by atoms with E-state index in [9.17, 15) is 36.0 Å². The summed E-state index contributed by atoms with van der Waals surface area (Å²) < 4.78 is 56.0. The molecule has 1 aromatic heterocycles. The minimum atomic E-state index is -4.25. The summed E-state index contributed by atoms with van der Waals surface area (Å²) in [4.78, 5) is 57.6. The lowest BCUT2D eigenvalue weighted by Gasteiger charge is -2.38. The first-order valence-electron chi connectivity index (χ1n) is 18.3. The molecule has 0 bridgehead atoms. The van der Waals surface area contributed by atoms with Crippen LogP contribution in [0, 0.1) is 28.6 Å². The number of urea groups is 1. The van der Waals surface area contributed by atoms with Crippen LogP contribution < -0.4 is 20.7 Å². The number of hydrogen-bond donors (Lipinski definition) is 4. The van der Waals surface area contributed by atoms with Crippen molar-refractivity contribution in [1.82, 2.24) is 29.9 Å². The summed E-state index contributed by atoms with van der Waals surface area (Å²) in [5.74, 6) is -2.92. The molecule has 4 rings (SSSR count). The topological polar surface area (TPSA) is 191 Å². The quantitative estimate of drug-likeness (QED) is 0.206. The van der Waals surface area contributed by atoms with Crippen LogP contribution in [-0.2, 0) is 34.4 Å². The van der Waals surface area contributed by atoms with Crippen molar-refractivity contribution < 1.29 is 36.0 Å². The molecule has 1 aliphatic heterocycles. The van der Waals surface area contributed by atoms with E-state index < -0.39 is 84.2 Å². The fourth-order valence-corrected chi connectivity index (χ4v) is 10.3. The first-order valence-corrected chi connectivity index (χ1v) is 22.1. The van der Waals surface area contributed by atoms with Gasteiger partial charge in [-0.2, -0.15) is 4.31 Å². The van der Waals surface area contributed by atoms with E-state index in [2.05, 4.69) is 27.3 Å². The van der Waals surface area contributed by atoms with E-state index in [1.54, 1.807) is 38.3 Å². The molecule has 55 heavy (non-hydrogen) atoms. The third-order valence-electron chi connectivity index (χ3n) is 10.5. The van der Waals surface area contributed by atoms with Gasteiger partial charge < -0.3 is 20.9 Å². The average molecular weight is 821 g/mol. The number of carbonyl (C=O) groups excluding carboxylic acids is 4. The Bertz CT molecular complexity index is 1960. The highest BCUT2D eigenvalue weighted by molar-refractivity contribution is 7.91. The molecule has 2 fully saturated rings. The molecule has 1 saturated heterocycles. The number of rotatable bonds is 14. The molecular weight excluding hydrogens is 765 g/mol. The van der Waals surface area contributed by atoms with Gasteiger partial charge in [0.05, 0.1) is 4.90 Å². The first-order chi connectivity index (χ1) is 25.4. The van der Waals surface area contributed by atoms with Gasteiger partial charge in [0.25, 0.3) is 26.0 Å². The summed E-state index contributed by atoms with van der Waals surface area (Å²) >= 11 is 1.10. The fraction of sp³-hybridized carbons (Fsp3) is 0.579. The van der Waals surface area contributed by atoms with Crippen LogP contribution in [0.3, 0.4) is 0 Å². The molecule has 6 atom stereocenters. The van der Waals surface area contributed by atoms with Gasteiger partial charge in [-0.05, 0) is 59.1 Å². The van der Waals surface area contributed by atoms with Gasteiger partial charge in [-0.3, -0.25) is 14.4 Å². The molecule has 5 amide bonds. The second-order valence-electron chi connectivity index (χ2n) is 17.0. The summed E-state index contributed by atoms with van der Waals surface area (Å²) in [6.45, 7) is 18.8. The first kappa shape index (κ1) is 43.9. The molecule has 1 aromatic carbocycles. The number of carbonyl (C=O) groups is 4. The Morgan fingerprint density at radius 1 is 0.982 bits per heavy atom. The van der Waals surface area contributed by atoms with E-state index in [1.807, 2.05) is 34.6 Å². The Kier molecular flexibility index (Phi) is 13.1. The number of likely N-dealkylation sites (tertiary alicyclic amines) is 1. The molecule has 14 nitrogen and oxygen atoms in total. The molecule has 3 unspecified atom stereocenters. The fourth-order valence-electron chi connectivity index (χ4n) is 6.90. The highest BCUT2D eigenvalue weighted by Crippen LogP contribution is 2.46. The number of nitrogens with zero attached hydrogens (tertiary/aromatic N) is 2. The van der Waals surface area contributed by atoms with Gasteiger partial charge in [-0.15, -0.1) is 17.9 Å². The Morgan fingerprint density at radius 3 is 2.13 bits per heavy atom. The third-order valence-corrected chi connectivity index (χ3v) is 15.1. The highest BCUT2D eigenvalue weighted by Gasteiger charge is 2.62. The largest absolute Gasteiger partial charge is 0.339 e. The molecule has 0 spiro atoms. The van der Waals surface area contributed by atoms with Crippen molar-refractivity contribution in [2.75, 3.05) is 20.1 Å². The average Bonchev–Trinajstić information content (AvgIpc) is 3.42. The maximum atomic E-state index is 14.6. The zero-order chi connectivity index (χ0) is 41.3. The van der Waals surface area contributed by atoms with Crippen LogP contribution in [0.1, 0.15) is 68.2 Å². The third kappa shape index (κ3) is 9.78. The number of hydrogen-bond acceptors (Lipinski definition) is 9. The second kappa shape index (κ2) is 16.4. The highest BCUT2D eigenvalue weighted by atomic mass is 32.2. The molecule has 2 aromatic rings. The van der Waals surface area contributed by atoms with Gasteiger partial charge in [-0.1, -0.05) is 85.7 Å². The zero-order valence-corrected chi connectivity index (χ0v) is 35.5. The van der Waals surface area contributed by atoms with E-state index in [1.165, 1.54) is 52.7 Å². The molecule has 0 radical (unpaired) electrons. The zero-order valence-electron chi connectivity index (χ0n) is 33.1. The Hall–Kier alpha value is -3.80. The number of likely N-dealkylation sites (N-methyl/N-ethyl adjacent to an activating group) is 1. The van der Waals surface area contributed by atoms with Crippen molar-refractivity contribution in [3.63, 3.8) is 0 Å². The van der Waals surface area contributed by atoms with Crippen LogP contribution in [0.4, 0.5) is 4.79 Å². The predicted octanol–water partition coefficient (Wildman–Crippen LogP) is 3.94. The lowest BCUT2D eigenvalue weighted by Crippen LogP contribution is -2.63. The van der Waals surface area contributed by atoms with Crippen LogP contribution >= 0.6 is 11.3 Å². The van der Waals surface area contributed by atoms with Crippen LogP contribution in [0.5, 0.6) is 0 Å². The van der Waals surface area contributed by atoms with Crippen molar-refractivity contribution in [3.8, 4) is 0 Å². The number of thiophene rings is 1. The van der Waals surface area contributed by atoms with Crippen molar-refractivity contribution in [1.29, 1.82) is 0 Å². The smallest absolute Gasteiger partial charge is 0.315 e. The predicted molar refractivity (Wildman–Crippen MR) is 212 cm³/mol. The van der Waals surface area contributed by atoms with E-state index in [-0.39, 0.29) is 40.5 Å². The molecule has 1 saturated carbocycles. The maximum absolute atomic E-state index is 14.6. The molecule has 17 heteroatoms. The second-order valence-corrected chi connectivity index (χ2v) is 21.9. The normalized spacial score (nSPS) is 22.8. The standard InChI is InChI=1S/C38H56N6O8S3/c1-11-25-22-38(25,34(47)42-54(49,50)26-16-13-12-14-17-26)41-32(45)30-27(24(2)3)19-20-44(30)33(46)31(37(7,8)9)40-35(48)39-28(36(4,5)6)23-43(10)55(51,52)29-18-15-21-53-29/h11-18,21,24-25,27-28,30-31H,1,19-20,22-23H2,2-10H3,(H,41,45)(H,42,47)(H2,39,40,48)/t25?,27?,28?,30-,31+,38+/m0/s1. The molecule has 2 aliphatic rings. The Morgan fingerprint density at radius 2 is 1.62 bits per heavy atom. The summed E-state index contributed by atoms with van der Waals surface area (Å²) in [5.41, 5.74) is -3.01. The van der Waals surface area contributed by atoms with Gasteiger partial charge in [0.1, 0.15) is 21.8 Å². The minimum absolute atomic E-state index is 0.0383. The van der Waals surface area contributed by atoms with E-state index in [0.29, 0.717) is 6.42 Å². The van der Waals surface area contributed by atoms with Gasteiger partial charge >= 0.3 is 6.03 Å². The van der Waals surface area contributed by atoms with Crippen LogP contribution in [0.15, 0.2) is 69.6 Å². The van der Waals surface area contributed by atoms with E-state index >= 15 is 0 Å². The SMILES string of the molecule is C=CC1C[C@]1(NC(=O)[C@@H]1C(C(C)C)CCN1C(=O)[C@@H](NC(=O)NC(CN(C)S(=O)(=O)c1cccs1)C(C)(C)C)C(C)(C)C)C(=O)NS(=O)(=O)c1ccccc1. The molecule has 2 heterocycles. The lowest BCUT2D eigenvalue weighted by molar-refractivity contribution is -0.144. The van der Waals surface area contributed by atoms with Crippen LogP contribution in [0.25, 0.3) is 0 Å². The molecule has 304 valence electrons. The van der Waals surface area contributed by atoms with Crippen LogP contribution in [-0.4, -0.2) is 93.6 Å². The summed E-state index contributed by atoms with van der Waals surface area (Å²) in [7, 11) is -6.60. The maximum Gasteiger partial charge on any atom is 0.315 e. The van der Waals surface area contributed by atoms with Crippen molar-refractivity contribution >= 4 is 55.1 Å². The van der Waals surface area contributed by atoms with Crippen LogP contribution in [0.2, 0.25) is 0 Å². The number of benzene rings is 1. The van der Waals surface area contributed by atoms with Gasteiger partial charge in [0.15, 0.2) is 0 Å². The number of sulfonamides is 2. The van der Waals surface area contributed by atoms with Gasteiger partial charge in [-0.25, -0.2) is 26.4 Å².